The number of ether oxygens (including phenoxy) is 1. The van der Waals surface area contributed by atoms with E-state index in [1.54, 1.807) is 7.11 Å². The Hall–Kier alpha value is -2.41. The number of nitrogens with one attached hydrogen (secondary N) is 1. The molecule has 22 heavy (non-hydrogen) atoms. The zero-order chi connectivity index (χ0) is 15.5. The smallest absolute Gasteiger partial charge is 0.204 e. The molecule has 7 heteroatoms. The molecule has 0 radical (unpaired) electrons. The normalized spacial score (nSPS) is 11.2. The number of nitrogens with two attached hydrogens (primary N) is 1. The molecule has 0 aliphatic carbocycles. The van der Waals surface area contributed by atoms with E-state index in [4.69, 9.17) is 10.5 Å². The van der Waals surface area contributed by atoms with Crippen LogP contribution in [0.4, 0.5) is 5.82 Å². The molecule has 0 atom stereocenters. The first-order valence-electron chi connectivity index (χ1n) is 7.38. The minimum absolute atomic E-state index is 0.700. The van der Waals surface area contributed by atoms with Gasteiger partial charge in [-0.2, -0.15) is 0 Å². The van der Waals surface area contributed by atoms with Crippen molar-refractivity contribution in [2.45, 2.75) is 19.8 Å². The number of unbranched alkanes of at least 4 members (excludes halogenated alkanes) is 1. The molecule has 0 unspecified atom stereocenters. The molecule has 0 bridgehead atoms. The lowest BCUT2D eigenvalue weighted by molar-refractivity contribution is 0.415. The maximum absolute atomic E-state index is 5.52. The molecule has 0 spiro atoms. The Balaban J connectivity index is 2.08. The molecule has 2 heterocycles. The van der Waals surface area contributed by atoms with Gasteiger partial charge in [-0.25, -0.2) is 4.98 Å². The highest BCUT2D eigenvalue weighted by atomic mass is 16.5. The number of rotatable bonds is 6. The fourth-order valence-corrected chi connectivity index (χ4v) is 2.47. The van der Waals surface area contributed by atoms with Crippen LogP contribution in [0.3, 0.4) is 0 Å². The van der Waals surface area contributed by atoms with Gasteiger partial charge >= 0.3 is 0 Å². The zero-order valence-electron chi connectivity index (χ0n) is 12.8. The number of hydrogen-bond acceptors (Lipinski definition) is 6. The molecule has 7 nitrogen and oxygen atoms in total. The lowest BCUT2D eigenvalue weighted by Crippen LogP contribution is -2.08. The third-order valence-corrected chi connectivity index (χ3v) is 3.62. The number of nitrogens with zero attached hydrogens (tertiary/aromatic N) is 4. The molecule has 2 aromatic heterocycles. The molecule has 0 aliphatic heterocycles. The van der Waals surface area contributed by atoms with Gasteiger partial charge in [0.25, 0.3) is 0 Å². The predicted octanol–water partition coefficient (Wildman–Crippen LogP) is 1.75. The van der Waals surface area contributed by atoms with E-state index < -0.39 is 0 Å². The molecule has 116 valence electrons. The van der Waals surface area contributed by atoms with Gasteiger partial charge in [-0.15, -0.1) is 10.2 Å². The van der Waals surface area contributed by atoms with E-state index in [0.717, 1.165) is 53.5 Å². The topological polar surface area (TPSA) is 90.4 Å². The maximum Gasteiger partial charge on any atom is 0.204 e. The van der Waals surface area contributed by atoms with Crippen LogP contribution in [-0.2, 0) is 0 Å². The third kappa shape index (κ3) is 2.55. The van der Waals surface area contributed by atoms with Crippen LogP contribution >= 0.6 is 0 Å². The second kappa shape index (κ2) is 6.15. The highest BCUT2D eigenvalue weighted by molar-refractivity contribution is 5.84. The molecule has 1 aromatic carbocycles. The summed E-state index contributed by atoms with van der Waals surface area (Å²) >= 11 is 0. The molecule has 0 fully saturated rings. The first kappa shape index (κ1) is 14.5. The molecule has 0 amide bonds. The van der Waals surface area contributed by atoms with Crippen molar-refractivity contribution in [1.82, 2.24) is 19.6 Å². The van der Waals surface area contributed by atoms with Gasteiger partial charge in [-0.3, -0.25) is 4.40 Å². The van der Waals surface area contributed by atoms with Crippen molar-refractivity contribution in [3.05, 3.63) is 24.0 Å². The summed E-state index contributed by atoms with van der Waals surface area (Å²) in [4.78, 5) is 4.67. The van der Waals surface area contributed by atoms with E-state index in [0.29, 0.717) is 6.54 Å². The van der Waals surface area contributed by atoms with Crippen molar-refractivity contribution in [3.8, 4) is 5.75 Å². The van der Waals surface area contributed by atoms with Gasteiger partial charge in [0.2, 0.25) is 5.65 Å². The Labute approximate surface area is 128 Å². The van der Waals surface area contributed by atoms with Crippen molar-refractivity contribution in [1.29, 1.82) is 0 Å². The summed E-state index contributed by atoms with van der Waals surface area (Å²) in [5, 5.41) is 11.8. The maximum atomic E-state index is 5.52. The molecular formula is C15H20N6O. The molecular weight excluding hydrogens is 280 g/mol. The Morgan fingerprint density at radius 2 is 2.14 bits per heavy atom. The zero-order valence-corrected chi connectivity index (χ0v) is 12.8. The van der Waals surface area contributed by atoms with Gasteiger partial charge in [-0.1, -0.05) is 0 Å². The highest BCUT2D eigenvalue weighted by Gasteiger charge is 2.13. The lowest BCUT2D eigenvalue weighted by atomic mass is 10.2. The van der Waals surface area contributed by atoms with E-state index in [1.165, 1.54) is 0 Å². The van der Waals surface area contributed by atoms with Gasteiger partial charge < -0.3 is 15.8 Å². The number of anilines is 1. The number of aromatic nitrogens is 4. The van der Waals surface area contributed by atoms with Crippen molar-refractivity contribution in [2.75, 3.05) is 25.5 Å². The van der Waals surface area contributed by atoms with Gasteiger partial charge in [-0.05, 0) is 38.4 Å². The second-order valence-electron chi connectivity index (χ2n) is 5.14. The van der Waals surface area contributed by atoms with Crippen LogP contribution in [-0.4, -0.2) is 39.8 Å². The SMILES string of the molecule is COc1ccc2nc(NCCCCN)c3nnc(C)n3c2c1. The Bertz CT molecular complexity index is 797. The first-order valence-corrected chi connectivity index (χ1v) is 7.38. The van der Waals surface area contributed by atoms with Crippen molar-refractivity contribution >= 4 is 22.5 Å². The van der Waals surface area contributed by atoms with E-state index in [9.17, 15) is 0 Å². The fraction of sp³-hybridized carbons (Fsp3) is 0.400. The summed E-state index contributed by atoms with van der Waals surface area (Å²) in [5.74, 6) is 2.35. The van der Waals surface area contributed by atoms with Gasteiger partial charge in [0.15, 0.2) is 5.82 Å². The number of aryl methyl sites for hydroxylation is 1. The fourth-order valence-electron chi connectivity index (χ4n) is 2.47. The van der Waals surface area contributed by atoms with Crippen LogP contribution in [0.2, 0.25) is 0 Å². The summed E-state index contributed by atoms with van der Waals surface area (Å²) in [6.07, 6.45) is 1.98. The lowest BCUT2D eigenvalue weighted by Gasteiger charge is -2.10. The average Bonchev–Trinajstić information content (AvgIpc) is 2.93. The van der Waals surface area contributed by atoms with E-state index in [-0.39, 0.29) is 0 Å². The largest absolute Gasteiger partial charge is 0.497 e. The number of fused-ring (bicyclic) bond motifs is 3. The van der Waals surface area contributed by atoms with Gasteiger partial charge in [0.1, 0.15) is 11.6 Å². The molecule has 0 saturated heterocycles. The molecule has 3 aromatic rings. The Morgan fingerprint density at radius 1 is 1.27 bits per heavy atom. The van der Waals surface area contributed by atoms with E-state index >= 15 is 0 Å². The Kier molecular flexibility index (Phi) is 4.06. The minimum atomic E-state index is 0.700. The van der Waals surface area contributed by atoms with Crippen LogP contribution in [0.25, 0.3) is 16.7 Å². The van der Waals surface area contributed by atoms with Crippen LogP contribution in [0, 0.1) is 6.92 Å². The Morgan fingerprint density at radius 3 is 2.91 bits per heavy atom. The molecule has 3 N–H and O–H groups in total. The second-order valence-corrected chi connectivity index (χ2v) is 5.14. The average molecular weight is 300 g/mol. The standard InChI is InChI=1S/C15H20N6O/c1-10-19-20-15-14(17-8-4-3-7-16)18-12-6-5-11(22-2)9-13(12)21(10)15/h5-6,9H,3-4,7-8,16H2,1-2H3,(H,17,18). The minimum Gasteiger partial charge on any atom is -0.497 e. The predicted molar refractivity (Wildman–Crippen MR) is 86.4 cm³/mol. The van der Waals surface area contributed by atoms with Gasteiger partial charge in [0, 0.05) is 12.6 Å². The van der Waals surface area contributed by atoms with Crippen LogP contribution in [0.15, 0.2) is 18.2 Å². The van der Waals surface area contributed by atoms with Crippen LogP contribution in [0.5, 0.6) is 5.75 Å². The monoisotopic (exact) mass is 300 g/mol. The van der Waals surface area contributed by atoms with E-state index in [2.05, 4.69) is 20.5 Å². The number of hydrogen-bond donors (Lipinski definition) is 2. The summed E-state index contributed by atoms with van der Waals surface area (Å²) in [6, 6.07) is 5.79. The van der Waals surface area contributed by atoms with Crippen LogP contribution < -0.4 is 15.8 Å². The van der Waals surface area contributed by atoms with Crippen molar-refractivity contribution < 1.29 is 4.74 Å². The summed E-state index contributed by atoms with van der Waals surface area (Å²) in [7, 11) is 1.65. The summed E-state index contributed by atoms with van der Waals surface area (Å²) in [6.45, 7) is 3.44. The summed E-state index contributed by atoms with van der Waals surface area (Å²) in [5.41, 5.74) is 8.06. The highest BCUT2D eigenvalue weighted by Crippen LogP contribution is 2.25. The molecule has 3 rings (SSSR count). The third-order valence-electron chi connectivity index (χ3n) is 3.62. The summed E-state index contributed by atoms with van der Waals surface area (Å²) < 4.78 is 7.30. The molecule has 0 aliphatic rings. The number of benzene rings is 1. The van der Waals surface area contributed by atoms with Gasteiger partial charge in [0.05, 0.1) is 18.1 Å². The molecule has 0 saturated carbocycles. The van der Waals surface area contributed by atoms with Crippen molar-refractivity contribution in [2.24, 2.45) is 5.73 Å². The quantitative estimate of drug-likeness (QED) is 0.674. The van der Waals surface area contributed by atoms with Crippen LogP contribution in [0.1, 0.15) is 18.7 Å². The number of methoxy groups -OCH3 is 1. The van der Waals surface area contributed by atoms with Crippen molar-refractivity contribution in [3.63, 3.8) is 0 Å². The van der Waals surface area contributed by atoms with E-state index in [1.807, 2.05) is 29.5 Å². The first-order chi connectivity index (χ1) is 10.7.